The van der Waals surface area contributed by atoms with E-state index < -0.39 is 6.04 Å². The molecule has 0 saturated carbocycles. The summed E-state index contributed by atoms with van der Waals surface area (Å²) in [5.41, 5.74) is 6.09. The fourth-order valence-electron chi connectivity index (χ4n) is 3.93. The quantitative estimate of drug-likeness (QED) is 0.343. The normalized spacial score (nSPS) is 13.0. The lowest BCUT2D eigenvalue weighted by atomic mass is 9.82. The Bertz CT molecular complexity index is 1180. The lowest BCUT2D eigenvalue weighted by Gasteiger charge is -2.23. The highest BCUT2D eigenvalue weighted by Crippen LogP contribution is 2.37. The molecule has 0 spiro atoms. The van der Waals surface area contributed by atoms with Crippen LogP contribution in [0.4, 0.5) is 0 Å². The molecular weight excluding hydrogens is 388 g/mol. The predicted octanol–water partition coefficient (Wildman–Crippen LogP) is 6.09. The largest absolute Gasteiger partial charge is 0.421 e. The van der Waals surface area contributed by atoms with Gasteiger partial charge in [-0.2, -0.15) is 4.91 Å². The lowest BCUT2D eigenvalue weighted by Crippen LogP contribution is -2.09. The van der Waals surface area contributed by atoms with Gasteiger partial charge in [-0.05, 0) is 66.8 Å². The van der Waals surface area contributed by atoms with Gasteiger partial charge in [0.25, 0.3) is 0 Å². The molecule has 2 atom stereocenters. The summed E-state index contributed by atoms with van der Waals surface area (Å²) < 4.78 is 5.54. The van der Waals surface area contributed by atoms with E-state index in [1.165, 1.54) is 11.1 Å². The highest BCUT2D eigenvalue weighted by Gasteiger charge is 2.24. The third-order valence-corrected chi connectivity index (χ3v) is 5.54. The van der Waals surface area contributed by atoms with Gasteiger partial charge in [0.05, 0.1) is 0 Å². The highest BCUT2D eigenvalue weighted by atomic mass is 16.4. The van der Waals surface area contributed by atoms with Crippen LogP contribution in [0.2, 0.25) is 0 Å². The van der Waals surface area contributed by atoms with Crippen LogP contribution in [0.25, 0.3) is 11.5 Å². The van der Waals surface area contributed by atoms with Crippen LogP contribution in [-0.4, -0.2) is 15.2 Å². The van der Waals surface area contributed by atoms with Crippen LogP contribution in [0.1, 0.15) is 52.2 Å². The SMILES string of the molecule is Cc1cc(C(C[C@H](c2ccc(-c3nnc(C)o3)cc2)c2ccccc2C)N=O)ccn1. The summed E-state index contributed by atoms with van der Waals surface area (Å²) >= 11 is 0. The molecule has 2 aromatic heterocycles. The lowest BCUT2D eigenvalue weighted by molar-refractivity contribution is 0.532. The number of hydrogen-bond acceptors (Lipinski definition) is 6. The molecule has 0 aliphatic carbocycles. The highest BCUT2D eigenvalue weighted by molar-refractivity contribution is 5.54. The van der Waals surface area contributed by atoms with E-state index in [1.54, 1.807) is 13.1 Å². The molecule has 4 rings (SSSR count). The first-order valence-electron chi connectivity index (χ1n) is 10.3. The van der Waals surface area contributed by atoms with Gasteiger partial charge in [-0.15, -0.1) is 10.2 Å². The van der Waals surface area contributed by atoms with Crippen molar-refractivity contribution in [2.24, 2.45) is 5.18 Å². The van der Waals surface area contributed by atoms with Gasteiger partial charge in [-0.1, -0.05) is 41.6 Å². The summed E-state index contributed by atoms with van der Waals surface area (Å²) in [7, 11) is 0. The molecule has 1 unspecified atom stereocenters. The van der Waals surface area contributed by atoms with Crippen molar-refractivity contribution < 1.29 is 4.42 Å². The Kier molecular flexibility index (Phi) is 5.98. The zero-order valence-corrected chi connectivity index (χ0v) is 17.8. The minimum atomic E-state index is -0.468. The molecule has 6 nitrogen and oxygen atoms in total. The van der Waals surface area contributed by atoms with Crippen molar-refractivity contribution in [3.8, 4) is 11.5 Å². The summed E-state index contributed by atoms with van der Waals surface area (Å²) in [6, 6.07) is 19.7. The van der Waals surface area contributed by atoms with Gasteiger partial charge in [0.15, 0.2) is 0 Å². The average Bonchev–Trinajstić information content (AvgIpc) is 3.22. The molecule has 0 amide bonds. The summed E-state index contributed by atoms with van der Waals surface area (Å²) in [6.45, 7) is 5.78. The molecule has 4 aromatic rings. The Morgan fingerprint density at radius 3 is 2.35 bits per heavy atom. The number of aromatic nitrogens is 3. The van der Waals surface area contributed by atoms with Crippen molar-refractivity contribution in [1.82, 2.24) is 15.2 Å². The third-order valence-electron chi connectivity index (χ3n) is 5.54. The first kappa shape index (κ1) is 20.6. The van der Waals surface area contributed by atoms with E-state index in [0.717, 1.165) is 22.4 Å². The van der Waals surface area contributed by atoms with Gasteiger partial charge in [0, 0.05) is 30.3 Å². The molecule has 0 bridgehead atoms. The molecule has 0 radical (unpaired) electrons. The minimum absolute atomic E-state index is 0.0100. The fraction of sp³-hybridized carbons (Fsp3) is 0.240. The van der Waals surface area contributed by atoms with E-state index >= 15 is 0 Å². The maximum absolute atomic E-state index is 11.8. The first-order chi connectivity index (χ1) is 15.0. The number of hydrogen-bond donors (Lipinski definition) is 0. The number of rotatable bonds is 7. The van der Waals surface area contributed by atoms with Gasteiger partial charge < -0.3 is 4.42 Å². The second-order valence-electron chi connectivity index (χ2n) is 7.74. The van der Waals surface area contributed by atoms with Gasteiger partial charge in [0.2, 0.25) is 11.8 Å². The molecule has 0 saturated heterocycles. The molecule has 0 N–H and O–H groups in total. The predicted molar refractivity (Wildman–Crippen MR) is 120 cm³/mol. The standard InChI is InChI=1S/C25H24N4O2/c1-16-6-4-5-7-22(16)23(15-24(29-30)21-12-13-26-17(2)14-21)19-8-10-20(11-9-19)25-28-27-18(3)31-25/h4-14,23-24H,15H2,1-3H3/t23-,24?/m1/s1. The second kappa shape index (κ2) is 9.00. The Morgan fingerprint density at radius 2 is 1.71 bits per heavy atom. The molecule has 2 aromatic carbocycles. The zero-order chi connectivity index (χ0) is 21.8. The Hall–Kier alpha value is -3.67. The smallest absolute Gasteiger partial charge is 0.247 e. The summed E-state index contributed by atoms with van der Waals surface area (Å²) in [5.74, 6) is 1.04. The number of benzene rings is 2. The Morgan fingerprint density at radius 1 is 0.935 bits per heavy atom. The topological polar surface area (TPSA) is 81.2 Å². The minimum Gasteiger partial charge on any atom is -0.421 e. The van der Waals surface area contributed by atoms with Crippen LogP contribution in [0, 0.1) is 25.7 Å². The maximum atomic E-state index is 11.8. The average molecular weight is 412 g/mol. The van der Waals surface area contributed by atoms with Crippen LogP contribution >= 0.6 is 0 Å². The van der Waals surface area contributed by atoms with E-state index in [-0.39, 0.29) is 5.92 Å². The van der Waals surface area contributed by atoms with Gasteiger partial charge in [0.1, 0.15) is 6.04 Å². The molecule has 156 valence electrons. The number of nitroso groups, excluding NO2 is 1. The van der Waals surface area contributed by atoms with E-state index in [2.05, 4.69) is 51.5 Å². The van der Waals surface area contributed by atoms with E-state index in [0.29, 0.717) is 18.2 Å². The fourth-order valence-corrected chi connectivity index (χ4v) is 3.93. The molecule has 2 heterocycles. The van der Waals surface area contributed by atoms with Crippen LogP contribution in [0.3, 0.4) is 0 Å². The van der Waals surface area contributed by atoms with E-state index in [9.17, 15) is 4.91 Å². The Balaban J connectivity index is 1.71. The molecular formula is C25H24N4O2. The number of pyridine rings is 1. The molecule has 6 heteroatoms. The van der Waals surface area contributed by atoms with Crippen molar-refractivity contribution >= 4 is 0 Å². The van der Waals surface area contributed by atoms with Crippen LogP contribution in [-0.2, 0) is 0 Å². The summed E-state index contributed by atoms with van der Waals surface area (Å²) in [6.07, 6.45) is 2.30. The van der Waals surface area contributed by atoms with E-state index in [4.69, 9.17) is 4.42 Å². The van der Waals surface area contributed by atoms with Gasteiger partial charge in [-0.3, -0.25) is 4.98 Å². The summed E-state index contributed by atoms with van der Waals surface area (Å²) in [5, 5.41) is 11.5. The van der Waals surface area contributed by atoms with Crippen molar-refractivity contribution in [3.05, 3.63) is 106 Å². The van der Waals surface area contributed by atoms with Crippen LogP contribution in [0.15, 0.2) is 76.5 Å². The van der Waals surface area contributed by atoms with Gasteiger partial charge in [-0.25, -0.2) is 0 Å². The summed E-state index contributed by atoms with van der Waals surface area (Å²) in [4.78, 5) is 16.1. The van der Waals surface area contributed by atoms with Crippen molar-refractivity contribution in [2.45, 2.75) is 39.2 Å². The molecule has 0 aliphatic heterocycles. The zero-order valence-electron chi connectivity index (χ0n) is 17.8. The first-order valence-corrected chi connectivity index (χ1v) is 10.3. The number of aryl methyl sites for hydroxylation is 3. The van der Waals surface area contributed by atoms with Crippen LogP contribution < -0.4 is 0 Å². The van der Waals surface area contributed by atoms with Gasteiger partial charge >= 0.3 is 0 Å². The maximum Gasteiger partial charge on any atom is 0.247 e. The monoisotopic (exact) mass is 412 g/mol. The molecule has 0 aliphatic rings. The van der Waals surface area contributed by atoms with E-state index in [1.807, 2.05) is 43.3 Å². The second-order valence-corrected chi connectivity index (χ2v) is 7.74. The van der Waals surface area contributed by atoms with Crippen molar-refractivity contribution in [2.75, 3.05) is 0 Å². The Labute approximate surface area is 181 Å². The molecule has 31 heavy (non-hydrogen) atoms. The van der Waals surface area contributed by atoms with Crippen molar-refractivity contribution in [1.29, 1.82) is 0 Å². The van der Waals surface area contributed by atoms with Crippen molar-refractivity contribution in [3.63, 3.8) is 0 Å². The third kappa shape index (κ3) is 4.58. The molecule has 0 fully saturated rings. The van der Waals surface area contributed by atoms with Crippen LogP contribution in [0.5, 0.6) is 0 Å². The number of nitrogens with zero attached hydrogens (tertiary/aromatic N) is 4.